The lowest BCUT2D eigenvalue weighted by molar-refractivity contribution is 0.0261. The van der Waals surface area contributed by atoms with E-state index in [0.717, 1.165) is 13.0 Å². The number of carbonyl (C=O) groups excluding carboxylic acids is 1. The minimum absolute atomic E-state index is 0.00267. The molecule has 18 heavy (non-hydrogen) atoms. The van der Waals surface area contributed by atoms with Gasteiger partial charge in [-0.25, -0.2) is 0 Å². The molecule has 6 heteroatoms. The van der Waals surface area contributed by atoms with Gasteiger partial charge in [0, 0.05) is 39.5 Å². The number of aryl methyl sites for hydroxylation is 1. The van der Waals surface area contributed by atoms with Crippen molar-refractivity contribution >= 4 is 5.78 Å². The Morgan fingerprint density at radius 1 is 1.72 bits per heavy atom. The number of ether oxygens (including phenoxy) is 2. The zero-order valence-corrected chi connectivity index (χ0v) is 10.6. The van der Waals surface area contributed by atoms with E-state index in [1.165, 1.54) is 0 Å². The molecule has 0 saturated carbocycles. The lowest BCUT2D eigenvalue weighted by Gasteiger charge is -2.22. The van der Waals surface area contributed by atoms with Gasteiger partial charge in [-0.1, -0.05) is 0 Å². The predicted molar refractivity (Wildman–Crippen MR) is 65.7 cm³/mol. The maximum Gasteiger partial charge on any atom is 0.210 e. The summed E-state index contributed by atoms with van der Waals surface area (Å²) in [5.41, 5.74) is 0.611. The maximum absolute atomic E-state index is 12.3. The number of morpholine rings is 1. The number of nitrogens with zero attached hydrogens (tertiary/aromatic N) is 2. The topological polar surface area (TPSA) is 65.4 Å². The Kier molecular flexibility index (Phi) is 4.86. The Balaban J connectivity index is 1.98. The van der Waals surface area contributed by atoms with Gasteiger partial charge in [-0.15, -0.1) is 0 Å². The summed E-state index contributed by atoms with van der Waals surface area (Å²) in [7, 11) is 1.66. The highest BCUT2D eigenvalue weighted by atomic mass is 16.5. The maximum atomic E-state index is 12.3. The summed E-state index contributed by atoms with van der Waals surface area (Å²) in [6.45, 7) is 3.30. The van der Waals surface area contributed by atoms with E-state index in [0.29, 0.717) is 32.0 Å². The number of rotatable bonds is 6. The van der Waals surface area contributed by atoms with E-state index >= 15 is 0 Å². The highest BCUT2D eigenvalue weighted by Crippen LogP contribution is 2.08. The van der Waals surface area contributed by atoms with Gasteiger partial charge < -0.3 is 14.8 Å². The standard InChI is InChI=1S/C12H19N3O3/c1-17-7-2-6-15-10(3-4-14-15)12(16)11-9-13-5-8-18-11/h3-4,11,13H,2,5-9H2,1H3. The molecule has 1 aromatic heterocycles. The molecule has 0 amide bonds. The second-order valence-corrected chi connectivity index (χ2v) is 4.21. The molecule has 1 aliphatic heterocycles. The van der Waals surface area contributed by atoms with Crippen molar-refractivity contribution in [1.29, 1.82) is 0 Å². The smallest absolute Gasteiger partial charge is 0.210 e. The van der Waals surface area contributed by atoms with Crippen LogP contribution in [0.1, 0.15) is 16.9 Å². The molecule has 1 N–H and O–H groups in total. The van der Waals surface area contributed by atoms with Crippen LogP contribution < -0.4 is 5.32 Å². The van der Waals surface area contributed by atoms with Gasteiger partial charge in [0.2, 0.25) is 5.78 Å². The molecule has 0 spiro atoms. The van der Waals surface area contributed by atoms with E-state index in [4.69, 9.17) is 9.47 Å². The van der Waals surface area contributed by atoms with Gasteiger partial charge in [-0.3, -0.25) is 9.48 Å². The number of hydrogen-bond acceptors (Lipinski definition) is 5. The van der Waals surface area contributed by atoms with Crippen LogP contribution in [0.4, 0.5) is 0 Å². The van der Waals surface area contributed by atoms with Gasteiger partial charge in [-0.2, -0.15) is 5.10 Å². The van der Waals surface area contributed by atoms with Crippen molar-refractivity contribution in [3.63, 3.8) is 0 Å². The van der Waals surface area contributed by atoms with Gasteiger partial charge in [0.25, 0.3) is 0 Å². The molecule has 100 valence electrons. The van der Waals surface area contributed by atoms with Crippen LogP contribution in [-0.2, 0) is 16.0 Å². The molecule has 1 fully saturated rings. The SMILES string of the molecule is COCCCn1nccc1C(=O)C1CNCCO1. The average molecular weight is 253 g/mol. The Labute approximate surface area is 106 Å². The molecular weight excluding hydrogens is 234 g/mol. The van der Waals surface area contributed by atoms with Gasteiger partial charge in [-0.05, 0) is 12.5 Å². The largest absolute Gasteiger partial charge is 0.385 e. The highest BCUT2D eigenvalue weighted by Gasteiger charge is 2.25. The Bertz CT molecular complexity index is 386. The third-order valence-electron chi connectivity index (χ3n) is 2.91. The zero-order chi connectivity index (χ0) is 12.8. The highest BCUT2D eigenvalue weighted by molar-refractivity contribution is 5.98. The van der Waals surface area contributed by atoms with Gasteiger partial charge in [0.1, 0.15) is 11.8 Å². The molecule has 0 radical (unpaired) electrons. The first kappa shape index (κ1) is 13.2. The quantitative estimate of drug-likeness (QED) is 0.575. The van der Waals surface area contributed by atoms with Crippen molar-refractivity contribution < 1.29 is 14.3 Å². The van der Waals surface area contributed by atoms with Crippen molar-refractivity contribution in [1.82, 2.24) is 15.1 Å². The fourth-order valence-corrected chi connectivity index (χ4v) is 1.98. The third-order valence-corrected chi connectivity index (χ3v) is 2.91. The van der Waals surface area contributed by atoms with E-state index < -0.39 is 6.10 Å². The van der Waals surface area contributed by atoms with Crippen molar-refractivity contribution in [2.24, 2.45) is 0 Å². The van der Waals surface area contributed by atoms with E-state index in [9.17, 15) is 4.79 Å². The van der Waals surface area contributed by atoms with E-state index in [1.807, 2.05) is 0 Å². The second-order valence-electron chi connectivity index (χ2n) is 4.21. The summed E-state index contributed by atoms with van der Waals surface area (Å²) in [6, 6.07) is 1.74. The van der Waals surface area contributed by atoms with Crippen LogP contribution in [0.25, 0.3) is 0 Å². The van der Waals surface area contributed by atoms with Crippen molar-refractivity contribution in [2.45, 2.75) is 19.1 Å². The number of ketones is 1. The predicted octanol–water partition coefficient (Wildman–Crippen LogP) is 0.0907. The third kappa shape index (κ3) is 3.16. The van der Waals surface area contributed by atoms with Gasteiger partial charge in [0.05, 0.1) is 6.61 Å². The van der Waals surface area contributed by atoms with E-state index in [1.54, 1.807) is 24.1 Å². The summed E-state index contributed by atoms with van der Waals surface area (Å²) >= 11 is 0. The molecule has 1 saturated heterocycles. The molecule has 0 aromatic carbocycles. The molecule has 0 aliphatic carbocycles. The number of hydrogen-bond donors (Lipinski definition) is 1. The molecule has 0 bridgehead atoms. The van der Waals surface area contributed by atoms with Crippen LogP contribution >= 0.6 is 0 Å². The molecule has 2 rings (SSSR count). The van der Waals surface area contributed by atoms with Crippen LogP contribution in [0.2, 0.25) is 0 Å². The van der Waals surface area contributed by atoms with E-state index in [2.05, 4.69) is 10.4 Å². The first-order valence-corrected chi connectivity index (χ1v) is 6.20. The summed E-state index contributed by atoms with van der Waals surface area (Å²) in [4.78, 5) is 12.3. The van der Waals surface area contributed by atoms with Crippen molar-refractivity contribution in [3.8, 4) is 0 Å². The zero-order valence-electron chi connectivity index (χ0n) is 10.6. The Hall–Kier alpha value is -1.24. The summed E-state index contributed by atoms with van der Waals surface area (Å²) in [5.74, 6) is -0.00267. The normalized spacial score (nSPS) is 19.9. The van der Waals surface area contributed by atoms with Crippen LogP contribution in [0.5, 0.6) is 0 Å². The number of nitrogens with one attached hydrogen (secondary N) is 1. The minimum atomic E-state index is -0.392. The van der Waals surface area contributed by atoms with Crippen molar-refractivity contribution in [3.05, 3.63) is 18.0 Å². The number of methoxy groups -OCH3 is 1. The summed E-state index contributed by atoms with van der Waals surface area (Å²) in [5, 5.41) is 7.32. The van der Waals surface area contributed by atoms with Crippen LogP contribution in [-0.4, -0.2) is 55.1 Å². The first-order chi connectivity index (χ1) is 8.83. The fraction of sp³-hybridized carbons (Fsp3) is 0.667. The summed E-state index contributed by atoms with van der Waals surface area (Å²) in [6.07, 6.45) is 2.09. The molecular formula is C12H19N3O3. The van der Waals surface area contributed by atoms with Crippen LogP contribution in [0, 0.1) is 0 Å². The fourth-order valence-electron chi connectivity index (χ4n) is 1.98. The molecule has 2 heterocycles. The first-order valence-electron chi connectivity index (χ1n) is 6.20. The summed E-state index contributed by atoms with van der Waals surface area (Å²) < 4.78 is 12.2. The lowest BCUT2D eigenvalue weighted by atomic mass is 10.1. The van der Waals surface area contributed by atoms with Crippen molar-refractivity contribution in [2.75, 3.05) is 33.4 Å². The Morgan fingerprint density at radius 3 is 3.33 bits per heavy atom. The Morgan fingerprint density at radius 2 is 2.61 bits per heavy atom. The number of aromatic nitrogens is 2. The van der Waals surface area contributed by atoms with Crippen LogP contribution in [0.15, 0.2) is 12.3 Å². The molecule has 1 aromatic rings. The van der Waals surface area contributed by atoms with Gasteiger partial charge in [0.15, 0.2) is 0 Å². The molecule has 1 atom stereocenters. The minimum Gasteiger partial charge on any atom is -0.385 e. The van der Waals surface area contributed by atoms with E-state index in [-0.39, 0.29) is 5.78 Å². The molecule has 6 nitrogen and oxygen atoms in total. The molecule has 1 aliphatic rings. The van der Waals surface area contributed by atoms with Crippen LogP contribution in [0.3, 0.4) is 0 Å². The number of carbonyl (C=O) groups is 1. The average Bonchev–Trinajstić information content (AvgIpc) is 2.88. The monoisotopic (exact) mass is 253 g/mol. The lowest BCUT2D eigenvalue weighted by Crippen LogP contribution is -2.43. The molecule has 1 unspecified atom stereocenters. The number of Topliss-reactive ketones (excluding diaryl/α,β-unsaturated/α-hetero) is 1. The van der Waals surface area contributed by atoms with Gasteiger partial charge >= 0.3 is 0 Å². The second kappa shape index (κ2) is 6.63.